The molecule has 1 atom stereocenters. The van der Waals surface area contributed by atoms with E-state index in [0.717, 1.165) is 55.7 Å². The summed E-state index contributed by atoms with van der Waals surface area (Å²) in [6.07, 6.45) is 0.431. The Hall–Kier alpha value is -2.56. The average Bonchev–Trinajstić information content (AvgIpc) is 2.82. The second kappa shape index (κ2) is 13.2. The van der Waals surface area contributed by atoms with Gasteiger partial charge in [0.2, 0.25) is 5.91 Å². The molecule has 2 aromatic rings. The normalized spacial score (nSPS) is 14.9. The first kappa shape index (κ1) is 26.7. The van der Waals surface area contributed by atoms with Gasteiger partial charge in [-0.1, -0.05) is 24.3 Å². The molecule has 0 aliphatic carbocycles. The first-order chi connectivity index (χ1) is 15.5. The number of benzene rings is 2. The van der Waals surface area contributed by atoms with E-state index in [1.165, 1.54) is 12.1 Å². The van der Waals surface area contributed by atoms with Crippen LogP contribution < -0.4 is 20.7 Å². The molecule has 1 saturated heterocycles. The molecule has 1 aliphatic heterocycles. The quantitative estimate of drug-likeness (QED) is 0.291. The summed E-state index contributed by atoms with van der Waals surface area (Å²) in [5.74, 6) is 0.479. The Morgan fingerprint density at radius 2 is 1.82 bits per heavy atom. The molecule has 33 heavy (non-hydrogen) atoms. The number of halogens is 2. The molecule has 3 N–H and O–H groups in total. The molecule has 0 spiro atoms. The minimum Gasteiger partial charge on any atom is -0.495 e. The lowest BCUT2D eigenvalue weighted by molar-refractivity contribution is -0.121. The number of hydrogen-bond donors (Lipinski definition) is 2. The van der Waals surface area contributed by atoms with Crippen LogP contribution in [0.3, 0.4) is 0 Å². The number of primary amides is 1. The maximum Gasteiger partial charge on any atom is 0.222 e. The molecule has 0 saturated carbocycles. The van der Waals surface area contributed by atoms with Gasteiger partial charge in [-0.15, -0.1) is 24.0 Å². The van der Waals surface area contributed by atoms with Gasteiger partial charge in [0.15, 0.2) is 5.96 Å². The van der Waals surface area contributed by atoms with Gasteiger partial charge >= 0.3 is 0 Å². The highest BCUT2D eigenvalue weighted by Gasteiger charge is 2.23. The number of methoxy groups -OCH3 is 1. The van der Waals surface area contributed by atoms with E-state index < -0.39 is 11.8 Å². The second-order valence-corrected chi connectivity index (χ2v) is 7.77. The Morgan fingerprint density at radius 1 is 1.15 bits per heavy atom. The summed E-state index contributed by atoms with van der Waals surface area (Å²) >= 11 is 0. The molecule has 180 valence electrons. The number of carbonyl (C=O) groups is 1. The largest absolute Gasteiger partial charge is 0.495 e. The zero-order valence-corrected chi connectivity index (χ0v) is 21.5. The van der Waals surface area contributed by atoms with Gasteiger partial charge in [0.05, 0.1) is 25.3 Å². The van der Waals surface area contributed by atoms with E-state index in [1.807, 2.05) is 25.1 Å². The standard InChI is InChI=1S/C24H32FN5O2.HI/c1-3-27-24(28-17-19(23(26)31)16-18-8-10-20(25)11-9-18)30-14-12-29(13-15-30)21-6-4-5-7-22(21)32-2;/h4-11,19H,3,12-17H2,1-2H3,(H2,26,31)(H,27,28);1H. The van der Waals surface area contributed by atoms with Gasteiger partial charge in [-0.3, -0.25) is 9.79 Å². The van der Waals surface area contributed by atoms with Crippen molar-refractivity contribution in [1.29, 1.82) is 0 Å². The Bertz CT molecular complexity index is 917. The summed E-state index contributed by atoms with van der Waals surface area (Å²) in [7, 11) is 1.69. The van der Waals surface area contributed by atoms with Crippen LogP contribution in [-0.4, -0.2) is 63.1 Å². The van der Waals surface area contributed by atoms with Crippen molar-refractivity contribution in [3.63, 3.8) is 0 Å². The highest BCUT2D eigenvalue weighted by molar-refractivity contribution is 14.0. The summed E-state index contributed by atoms with van der Waals surface area (Å²) in [6.45, 7) is 6.28. The molecule has 0 radical (unpaired) electrons. The van der Waals surface area contributed by atoms with Crippen molar-refractivity contribution in [2.24, 2.45) is 16.6 Å². The van der Waals surface area contributed by atoms with E-state index >= 15 is 0 Å². The number of para-hydroxylation sites is 2. The Kier molecular flexibility index (Phi) is 10.7. The Labute approximate surface area is 212 Å². The fourth-order valence-corrected chi connectivity index (χ4v) is 3.83. The molecule has 0 bridgehead atoms. The maximum atomic E-state index is 13.2. The molecule has 3 rings (SSSR count). The molecule has 1 fully saturated rings. The van der Waals surface area contributed by atoms with Crippen LogP contribution in [0.15, 0.2) is 53.5 Å². The minimum absolute atomic E-state index is 0. The SMILES string of the molecule is CCNC(=NCC(Cc1ccc(F)cc1)C(N)=O)N1CCN(c2ccccc2OC)CC1.I. The number of guanidine groups is 1. The van der Waals surface area contributed by atoms with Crippen molar-refractivity contribution in [3.05, 3.63) is 59.9 Å². The number of anilines is 1. The third kappa shape index (κ3) is 7.48. The molecule has 2 aromatic carbocycles. The van der Waals surface area contributed by atoms with Crippen LogP contribution in [0.1, 0.15) is 12.5 Å². The van der Waals surface area contributed by atoms with Crippen LogP contribution in [0.25, 0.3) is 0 Å². The number of carbonyl (C=O) groups excluding carboxylic acids is 1. The number of amides is 1. The topological polar surface area (TPSA) is 83.2 Å². The summed E-state index contributed by atoms with van der Waals surface area (Å²) < 4.78 is 18.7. The molecule has 1 heterocycles. The second-order valence-electron chi connectivity index (χ2n) is 7.77. The van der Waals surface area contributed by atoms with Gasteiger partial charge < -0.3 is 25.6 Å². The van der Waals surface area contributed by atoms with Crippen molar-refractivity contribution in [2.75, 3.05) is 51.3 Å². The highest BCUT2D eigenvalue weighted by Crippen LogP contribution is 2.28. The van der Waals surface area contributed by atoms with Gasteiger partial charge in [0.1, 0.15) is 11.6 Å². The highest BCUT2D eigenvalue weighted by atomic mass is 127. The molecule has 9 heteroatoms. The van der Waals surface area contributed by atoms with Crippen molar-refractivity contribution in [2.45, 2.75) is 13.3 Å². The number of rotatable bonds is 8. The van der Waals surface area contributed by atoms with Crippen LogP contribution in [-0.2, 0) is 11.2 Å². The lowest BCUT2D eigenvalue weighted by Gasteiger charge is -2.38. The van der Waals surface area contributed by atoms with E-state index in [-0.39, 0.29) is 36.3 Å². The molecule has 0 aromatic heterocycles. The molecule has 1 unspecified atom stereocenters. The van der Waals surface area contributed by atoms with Crippen molar-refractivity contribution < 1.29 is 13.9 Å². The summed E-state index contributed by atoms with van der Waals surface area (Å²) in [4.78, 5) is 21.2. The smallest absolute Gasteiger partial charge is 0.222 e. The van der Waals surface area contributed by atoms with E-state index in [1.54, 1.807) is 19.2 Å². The molecular formula is C24H33FIN5O2. The lowest BCUT2D eigenvalue weighted by Crippen LogP contribution is -2.52. The van der Waals surface area contributed by atoms with E-state index in [9.17, 15) is 9.18 Å². The van der Waals surface area contributed by atoms with E-state index in [2.05, 4.69) is 21.2 Å². The predicted octanol–water partition coefficient (Wildman–Crippen LogP) is 2.88. The van der Waals surface area contributed by atoms with Crippen LogP contribution >= 0.6 is 24.0 Å². The van der Waals surface area contributed by atoms with Crippen molar-refractivity contribution >= 4 is 41.5 Å². The minimum atomic E-state index is -0.455. The first-order valence-electron chi connectivity index (χ1n) is 11.0. The average molecular weight is 569 g/mol. The number of piperazine rings is 1. The van der Waals surface area contributed by atoms with Crippen molar-refractivity contribution in [1.82, 2.24) is 10.2 Å². The lowest BCUT2D eigenvalue weighted by atomic mass is 9.99. The molecule has 1 aliphatic rings. The van der Waals surface area contributed by atoms with Crippen molar-refractivity contribution in [3.8, 4) is 5.75 Å². The number of ether oxygens (including phenoxy) is 1. The summed E-state index contributed by atoms with van der Waals surface area (Å²) in [6, 6.07) is 14.2. The number of nitrogens with one attached hydrogen (secondary N) is 1. The van der Waals surface area contributed by atoms with Crippen LogP contribution in [0.5, 0.6) is 5.75 Å². The van der Waals surface area contributed by atoms with E-state index in [4.69, 9.17) is 15.5 Å². The molecular weight excluding hydrogens is 536 g/mol. The Balaban J connectivity index is 0.00000385. The van der Waals surface area contributed by atoms with Gasteiger partial charge in [-0.2, -0.15) is 0 Å². The monoisotopic (exact) mass is 569 g/mol. The third-order valence-electron chi connectivity index (χ3n) is 5.60. The maximum absolute atomic E-state index is 13.2. The van der Waals surface area contributed by atoms with Crippen LogP contribution in [0.4, 0.5) is 10.1 Å². The predicted molar refractivity (Wildman–Crippen MR) is 141 cm³/mol. The number of nitrogens with two attached hydrogens (primary N) is 1. The summed E-state index contributed by atoms with van der Waals surface area (Å²) in [5, 5.41) is 3.33. The van der Waals surface area contributed by atoms with Gasteiger partial charge in [0, 0.05) is 32.7 Å². The van der Waals surface area contributed by atoms with Gasteiger partial charge in [-0.05, 0) is 43.2 Å². The molecule has 1 amide bonds. The molecule has 7 nitrogen and oxygen atoms in total. The fraction of sp³-hybridized carbons (Fsp3) is 0.417. The third-order valence-corrected chi connectivity index (χ3v) is 5.60. The summed E-state index contributed by atoms with van der Waals surface area (Å²) in [5.41, 5.74) is 7.58. The number of hydrogen-bond acceptors (Lipinski definition) is 4. The van der Waals surface area contributed by atoms with Crippen LogP contribution in [0.2, 0.25) is 0 Å². The first-order valence-corrected chi connectivity index (χ1v) is 11.0. The fourth-order valence-electron chi connectivity index (χ4n) is 3.83. The zero-order chi connectivity index (χ0) is 22.9. The number of nitrogens with zero attached hydrogens (tertiary/aromatic N) is 3. The Morgan fingerprint density at radius 3 is 2.42 bits per heavy atom. The van der Waals surface area contributed by atoms with Gasteiger partial charge in [0.25, 0.3) is 0 Å². The zero-order valence-electron chi connectivity index (χ0n) is 19.2. The van der Waals surface area contributed by atoms with E-state index in [0.29, 0.717) is 6.42 Å². The van der Waals surface area contributed by atoms with Gasteiger partial charge in [-0.25, -0.2) is 4.39 Å². The van der Waals surface area contributed by atoms with Crippen LogP contribution in [0, 0.1) is 11.7 Å². The number of aliphatic imine (C=N–C) groups is 1.